The quantitative estimate of drug-likeness (QED) is 0.761. The molecule has 9 nitrogen and oxygen atoms in total. The van der Waals surface area contributed by atoms with Crippen LogP contribution in [0.2, 0.25) is 0 Å². The fourth-order valence-electron chi connectivity index (χ4n) is 4.03. The van der Waals surface area contributed by atoms with Crippen molar-refractivity contribution in [3.63, 3.8) is 0 Å². The number of ether oxygens (including phenoxy) is 1. The van der Waals surface area contributed by atoms with Crippen molar-refractivity contribution in [2.24, 2.45) is 0 Å². The van der Waals surface area contributed by atoms with Crippen molar-refractivity contribution in [1.29, 1.82) is 0 Å². The molecular weight excluding hydrogens is 388 g/mol. The van der Waals surface area contributed by atoms with Crippen LogP contribution in [0.4, 0.5) is 9.59 Å². The average molecular weight is 416 g/mol. The first-order valence-corrected chi connectivity index (χ1v) is 10.0. The van der Waals surface area contributed by atoms with Gasteiger partial charge in [0.25, 0.3) is 0 Å². The molecule has 1 aliphatic rings. The summed E-state index contributed by atoms with van der Waals surface area (Å²) in [5.74, 6) is 0.421. The third-order valence-corrected chi connectivity index (χ3v) is 5.32. The molecule has 0 aliphatic heterocycles. The van der Waals surface area contributed by atoms with Crippen molar-refractivity contribution >= 4 is 12.2 Å². The zero-order valence-corrected chi connectivity index (χ0v) is 17.4. The lowest BCUT2D eigenvalue weighted by Gasteiger charge is -2.46. The van der Waals surface area contributed by atoms with Crippen LogP contribution in [0.5, 0.6) is 0 Å². The Morgan fingerprint density at radius 3 is 2.60 bits per heavy atom. The summed E-state index contributed by atoms with van der Waals surface area (Å²) in [5.41, 5.74) is 0.229. The summed E-state index contributed by atoms with van der Waals surface area (Å²) >= 11 is 0. The molecule has 1 aromatic heterocycles. The van der Waals surface area contributed by atoms with Crippen LogP contribution < -0.4 is 5.32 Å². The van der Waals surface area contributed by atoms with Gasteiger partial charge in [0.2, 0.25) is 12.3 Å². The second-order valence-electron chi connectivity index (χ2n) is 8.49. The second kappa shape index (κ2) is 9.15. The minimum absolute atomic E-state index is 0.0694. The molecule has 0 spiro atoms. The van der Waals surface area contributed by atoms with Gasteiger partial charge in [-0.2, -0.15) is 0 Å². The zero-order valence-electron chi connectivity index (χ0n) is 17.4. The molecule has 30 heavy (non-hydrogen) atoms. The number of aromatic nitrogens is 2. The maximum atomic E-state index is 12.4. The van der Waals surface area contributed by atoms with Crippen LogP contribution in [-0.4, -0.2) is 50.0 Å². The highest BCUT2D eigenvalue weighted by molar-refractivity contribution is 5.69. The summed E-state index contributed by atoms with van der Waals surface area (Å²) in [7, 11) is 0. The Kier molecular flexibility index (Phi) is 6.59. The molecule has 2 amide bonds. The smallest absolute Gasteiger partial charge is 0.408 e. The predicted octanol–water partition coefficient (Wildman–Crippen LogP) is 3.78. The first-order valence-electron chi connectivity index (χ1n) is 10.0. The molecule has 2 aromatic rings. The summed E-state index contributed by atoms with van der Waals surface area (Å²) in [6.45, 7) is 5.66. The molecule has 162 valence electrons. The third kappa shape index (κ3) is 5.28. The molecular formula is C21H28N4O5. The van der Waals surface area contributed by atoms with Gasteiger partial charge in [0.15, 0.2) is 0 Å². The number of carboxylic acid groups (broad SMARTS) is 1. The maximum absolute atomic E-state index is 12.4. The minimum atomic E-state index is -1.04. The van der Waals surface area contributed by atoms with E-state index < -0.39 is 23.8 Å². The van der Waals surface area contributed by atoms with Gasteiger partial charge in [0, 0.05) is 11.5 Å². The van der Waals surface area contributed by atoms with Crippen molar-refractivity contribution < 1.29 is 23.8 Å². The summed E-state index contributed by atoms with van der Waals surface area (Å²) < 4.78 is 10.7. The Morgan fingerprint density at radius 1 is 1.27 bits per heavy atom. The average Bonchev–Trinajstić information content (AvgIpc) is 3.22. The lowest BCUT2D eigenvalue weighted by Crippen LogP contribution is -2.61. The van der Waals surface area contributed by atoms with Gasteiger partial charge >= 0.3 is 12.2 Å². The summed E-state index contributed by atoms with van der Waals surface area (Å²) in [5, 5.41) is 20.5. The van der Waals surface area contributed by atoms with Crippen molar-refractivity contribution in [2.45, 2.75) is 70.2 Å². The Morgan fingerprint density at radius 2 is 2.00 bits per heavy atom. The number of carbonyl (C=O) groups is 2. The monoisotopic (exact) mass is 416 g/mol. The van der Waals surface area contributed by atoms with Crippen LogP contribution >= 0.6 is 0 Å². The van der Waals surface area contributed by atoms with Gasteiger partial charge in [-0.1, -0.05) is 30.3 Å². The fourth-order valence-corrected chi connectivity index (χ4v) is 4.03. The molecule has 1 aliphatic carbocycles. The molecule has 3 rings (SSSR count). The minimum Gasteiger partial charge on any atom is -0.465 e. The molecule has 1 aromatic carbocycles. The van der Waals surface area contributed by atoms with E-state index in [2.05, 4.69) is 15.5 Å². The van der Waals surface area contributed by atoms with E-state index in [1.807, 2.05) is 51.1 Å². The molecule has 1 saturated carbocycles. The van der Waals surface area contributed by atoms with Crippen LogP contribution in [-0.2, 0) is 11.3 Å². The maximum Gasteiger partial charge on any atom is 0.408 e. The Bertz CT molecular complexity index is 835. The highest BCUT2D eigenvalue weighted by Crippen LogP contribution is 2.37. The number of hydrogen-bond acceptors (Lipinski definition) is 6. The number of carbonyl (C=O) groups excluding carboxylic acids is 1. The van der Waals surface area contributed by atoms with E-state index in [4.69, 9.17) is 9.15 Å². The molecule has 1 fully saturated rings. The summed E-state index contributed by atoms with van der Waals surface area (Å²) in [6.07, 6.45) is 1.40. The number of benzene rings is 1. The van der Waals surface area contributed by atoms with Crippen molar-refractivity contribution in [3.8, 4) is 0 Å². The predicted molar refractivity (Wildman–Crippen MR) is 108 cm³/mol. The number of nitrogens with zero attached hydrogens (tertiary/aromatic N) is 3. The van der Waals surface area contributed by atoms with E-state index >= 15 is 0 Å². The Labute approximate surface area is 175 Å². The van der Waals surface area contributed by atoms with E-state index in [0.29, 0.717) is 25.2 Å². The normalized spacial score (nSPS) is 21.6. The number of rotatable bonds is 5. The summed E-state index contributed by atoms with van der Waals surface area (Å²) in [4.78, 5) is 26.0. The van der Waals surface area contributed by atoms with Gasteiger partial charge in [0.05, 0.1) is 12.1 Å². The largest absolute Gasteiger partial charge is 0.465 e. The Balaban J connectivity index is 1.73. The van der Waals surface area contributed by atoms with Gasteiger partial charge in [-0.3, -0.25) is 4.90 Å². The molecule has 0 saturated heterocycles. The van der Waals surface area contributed by atoms with E-state index in [0.717, 1.165) is 5.56 Å². The van der Waals surface area contributed by atoms with Gasteiger partial charge < -0.3 is 19.6 Å². The Hall–Kier alpha value is -3.10. The molecule has 0 bridgehead atoms. The molecule has 1 heterocycles. The van der Waals surface area contributed by atoms with E-state index in [1.54, 1.807) is 0 Å². The SMILES string of the molecule is CC(C)(C)N(C(=O)O)[C@H]1C[C@@H](c2nnco2)CC[C@H]1NC(=O)OCc1ccccc1. The van der Waals surface area contributed by atoms with E-state index in [9.17, 15) is 14.7 Å². The van der Waals surface area contributed by atoms with Crippen molar-refractivity contribution in [2.75, 3.05) is 0 Å². The van der Waals surface area contributed by atoms with Crippen molar-refractivity contribution in [1.82, 2.24) is 20.4 Å². The van der Waals surface area contributed by atoms with Crippen molar-refractivity contribution in [3.05, 3.63) is 48.2 Å². The highest BCUT2D eigenvalue weighted by atomic mass is 16.5. The second-order valence-corrected chi connectivity index (χ2v) is 8.49. The number of amides is 2. The first kappa shape index (κ1) is 21.6. The standard InChI is InChI=1S/C21H28N4O5/c1-21(2,3)25(20(27)28)17-11-15(18-24-22-13-30-18)9-10-16(17)23-19(26)29-12-14-7-5-4-6-8-14/h4-8,13,15-17H,9-12H2,1-3H3,(H,23,26)(H,27,28)/t15-,16+,17-/m0/s1. The molecule has 0 unspecified atom stereocenters. The molecule has 2 N–H and O–H groups in total. The summed E-state index contributed by atoms with van der Waals surface area (Å²) in [6, 6.07) is 8.54. The van der Waals surface area contributed by atoms with Crippen LogP contribution in [0.3, 0.4) is 0 Å². The number of nitrogens with one attached hydrogen (secondary N) is 1. The van der Waals surface area contributed by atoms with Crippen LogP contribution in [0.15, 0.2) is 41.1 Å². The fraction of sp³-hybridized carbons (Fsp3) is 0.524. The topological polar surface area (TPSA) is 118 Å². The van der Waals surface area contributed by atoms with Gasteiger partial charge in [-0.15, -0.1) is 10.2 Å². The van der Waals surface area contributed by atoms with Gasteiger partial charge in [0.1, 0.15) is 6.61 Å². The van der Waals surface area contributed by atoms with Crippen LogP contribution in [0.1, 0.15) is 57.4 Å². The molecule has 3 atom stereocenters. The first-order chi connectivity index (χ1) is 14.3. The molecule has 9 heteroatoms. The van der Waals surface area contributed by atoms with Gasteiger partial charge in [-0.05, 0) is 45.6 Å². The molecule has 0 radical (unpaired) electrons. The van der Waals surface area contributed by atoms with Crippen LogP contribution in [0.25, 0.3) is 0 Å². The zero-order chi connectivity index (χ0) is 21.7. The highest BCUT2D eigenvalue weighted by Gasteiger charge is 2.43. The number of alkyl carbamates (subject to hydrolysis) is 1. The van der Waals surface area contributed by atoms with Crippen LogP contribution in [0, 0.1) is 0 Å². The lowest BCUT2D eigenvalue weighted by molar-refractivity contribution is 0.0345. The van der Waals surface area contributed by atoms with E-state index in [1.165, 1.54) is 11.3 Å². The van der Waals surface area contributed by atoms with E-state index in [-0.39, 0.29) is 18.6 Å². The third-order valence-electron chi connectivity index (χ3n) is 5.32. The van der Waals surface area contributed by atoms with Gasteiger partial charge in [-0.25, -0.2) is 9.59 Å². The lowest BCUT2D eigenvalue weighted by atomic mass is 9.80. The number of hydrogen-bond donors (Lipinski definition) is 2.